The maximum absolute atomic E-state index is 13.4. The predicted octanol–water partition coefficient (Wildman–Crippen LogP) is 4.05. The lowest BCUT2D eigenvalue weighted by Gasteiger charge is -2.28. The molecule has 0 aliphatic heterocycles. The van der Waals surface area contributed by atoms with E-state index in [0.29, 0.717) is 40.8 Å². The average molecular weight is 428 g/mol. The smallest absolute Gasteiger partial charge is 0.262 e. The molecule has 158 valence electrons. The quantitative estimate of drug-likeness (QED) is 0.433. The number of H-pyrrole nitrogens is 1. The summed E-state index contributed by atoms with van der Waals surface area (Å²) >= 11 is 5.38. The molecule has 2 heterocycles. The number of methoxy groups -OCH3 is 1. The largest absolute Gasteiger partial charge is 0.467 e. The van der Waals surface area contributed by atoms with Crippen molar-refractivity contribution in [2.75, 3.05) is 13.7 Å². The third-order valence-electron chi connectivity index (χ3n) is 5.51. The van der Waals surface area contributed by atoms with Crippen LogP contribution in [0.4, 0.5) is 0 Å². The molecule has 1 aromatic carbocycles. The van der Waals surface area contributed by atoms with Gasteiger partial charge in [-0.3, -0.25) is 14.2 Å². The molecule has 3 aromatic rings. The van der Waals surface area contributed by atoms with E-state index in [9.17, 15) is 9.59 Å². The Balaban J connectivity index is 1.67. The fraction of sp³-hybridized carbons (Fsp3) is 0.409. The van der Waals surface area contributed by atoms with E-state index in [0.717, 1.165) is 18.6 Å². The number of aromatic nitrogens is 2. The van der Waals surface area contributed by atoms with E-state index in [1.165, 1.54) is 4.57 Å². The zero-order valence-corrected chi connectivity index (χ0v) is 17.9. The van der Waals surface area contributed by atoms with Crippen LogP contribution >= 0.6 is 12.2 Å². The van der Waals surface area contributed by atoms with Gasteiger partial charge < -0.3 is 19.0 Å². The van der Waals surface area contributed by atoms with Gasteiger partial charge in [-0.2, -0.15) is 0 Å². The van der Waals surface area contributed by atoms with Gasteiger partial charge in [0.2, 0.25) is 0 Å². The first-order chi connectivity index (χ1) is 14.5. The van der Waals surface area contributed by atoms with Gasteiger partial charge in [-0.05, 0) is 68.7 Å². The topological polar surface area (TPSA) is 80.5 Å². The number of fused-ring (bicyclic) bond motifs is 1. The minimum Gasteiger partial charge on any atom is -0.467 e. The van der Waals surface area contributed by atoms with E-state index in [-0.39, 0.29) is 23.6 Å². The maximum Gasteiger partial charge on any atom is 0.262 e. The molecule has 4 rings (SSSR count). The average Bonchev–Trinajstić information content (AvgIpc) is 3.41. The van der Waals surface area contributed by atoms with E-state index in [2.05, 4.69) is 4.98 Å². The molecular weight excluding hydrogens is 402 g/mol. The zero-order chi connectivity index (χ0) is 21.3. The standard InChI is InChI=1S/C22H25N3O4S/c1-14(19-5-3-12-29-19)25(16-7-8-16)20(26)15-6-9-17-18(13-15)23-22(30)24(21(17)27)10-4-11-28-2/h3,5-6,9,12-14,16H,4,7-8,10-11H2,1-2H3,(H,23,30). The normalized spacial score (nSPS) is 14.7. The molecule has 1 aliphatic carbocycles. The summed E-state index contributed by atoms with van der Waals surface area (Å²) in [4.78, 5) is 31.2. The Kier molecular flexibility index (Phi) is 5.87. The second kappa shape index (κ2) is 8.57. The third kappa shape index (κ3) is 3.97. The van der Waals surface area contributed by atoms with Gasteiger partial charge in [-0.15, -0.1) is 0 Å². The molecule has 1 unspecified atom stereocenters. The third-order valence-corrected chi connectivity index (χ3v) is 5.83. The molecule has 1 aliphatic rings. The van der Waals surface area contributed by atoms with Gasteiger partial charge >= 0.3 is 0 Å². The minimum absolute atomic E-state index is 0.0770. The minimum atomic E-state index is -0.164. The van der Waals surface area contributed by atoms with Gasteiger partial charge in [0.25, 0.3) is 11.5 Å². The van der Waals surface area contributed by atoms with Crippen LogP contribution in [0.15, 0.2) is 45.8 Å². The SMILES string of the molecule is COCCCn1c(=S)[nH]c2cc(C(=O)N(C3CC3)C(C)c3ccco3)ccc2c1=O. The highest BCUT2D eigenvalue weighted by atomic mass is 32.1. The van der Waals surface area contributed by atoms with Gasteiger partial charge in [0.1, 0.15) is 5.76 Å². The van der Waals surface area contributed by atoms with Crippen molar-refractivity contribution in [1.82, 2.24) is 14.5 Å². The molecule has 2 aromatic heterocycles. The molecule has 30 heavy (non-hydrogen) atoms. The Labute approximate surface area is 179 Å². The Morgan fingerprint density at radius 1 is 1.40 bits per heavy atom. The van der Waals surface area contributed by atoms with Crippen LogP contribution in [0.25, 0.3) is 10.9 Å². The summed E-state index contributed by atoms with van der Waals surface area (Å²) in [7, 11) is 1.63. The van der Waals surface area contributed by atoms with E-state index in [4.69, 9.17) is 21.4 Å². The van der Waals surface area contributed by atoms with E-state index in [1.54, 1.807) is 31.6 Å². The number of nitrogens with one attached hydrogen (secondary N) is 1. The molecule has 1 amide bonds. The van der Waals surface area contributed by atoms with E-state index < -0.39 is 0 Å². The van der Waals surface area contributed by atoms with Crippen LogP contribution in [-0.2, 0) is 11.3 Å². The molecule has 1 fully saturated rings. The second-order valence-corrected chi connectivity index (χ2v) is 8.02. The highest BCUT2D eigenvalue weighted by Gasteiger charge is 2.37. The predicted molar refractivity (Wildman–Crippen MR) is 116 cm³/mol. The van der Waals surface area contributed by atoms with Crippen LogP contribution < -0.4 is 5.56 Å². The summed E-state index contributed by atoms with van der Waals surface area (Å²) < 4.78 is 12.5. The summed E-state index contributed by atoms with van der Waals surface area (Å²) in [5.41, 5.74) is 0.932. The molecule has 1 N–H and O–H groups in total. The van der Waals surface area contributed by atoms with Crippen LogP contribution in [0, 0.1) is 4.77 Å². The van der Waals surface area contributed by atoms with Gasteiger partial charge in [0.05, 0.1) is 23.2 Å². The van der Waals surface area contributed by atoms with Crippen molar-refractivity contribution >= 4 is 29.0 Å². The van der Waals surface area contributed by atoms with Gasteiger partial charge in [0.15, 0.2) is 4.77 Å². The highest BCUT2D eigenvalue weighted by Crippen LogP contribution is 2.36. The molecular formula is C22H25N3O4S. The van der Waals surface area contributed by atoms with Crippen molar-refractivity contribution in [2.24, 2.45) is 0 Å². The van der Waals surface area contributed by atoms with Crippen molar-refractivity contribution in [3.8, 4) is 0 Å². The number of hydrogen-bond acceptors (Lipinski definition) is 5. The van der Waals surface area contributed by atoms with Gasteiger partial charge in [-0.25, -0.2) is 0 Å². The summed E-state index contributed by atoms with van der Waals surface area (Å²) in [5.74, 6) is 0.682. The molecule has 1 atom stereocenters. The van der Waals surface area contributed by atoms with Crippen LogP contribution in [0.3, 0.4) is 0 Å². The highest BCUT2D eigenvalue weighted by molar-refractivity contribution is 7.71. The molecule has 0 radical (unpaired) electrons. The molecule has 0 bridgehead atoms. The Morgan fingerprint density at radius 3 is 2.87 bits per heavy atom. The number of furan rings is 1. The zero-order valence-electron chi connectivity index (χ0n) is 17.1. The second-order valence-electron chi connectivity index (χ2n) is 7.63. The molecule has 1 saturated carbocycles. The lowest BCUT2D eigenvalue weighted by Crippen LogP contribution is -2.35. The number of ether oxygens (including phenoxy) is 1. The van der Waals surface area contributed by atoms with Crippen LogP contribution in [0.5, 0.6) is 0 Å². The monoisotopic (exact) mass is 427 g/mol. The van der Waals surface area contributed by atoms with E-state index >= 15 is 0 Å². The summed E-state index contributed by atoms with van der Waals surface area (Å²) in [6.45, 7) is 3.01. The lowest BCUT2D eigenvalue weighted by atomic mass is 10.1. The number of carbonyl (C=O) groups is 1. The Bertz CT molecular complexity index is 1160. The Hall–Kier alpha value is -2.71. The van der Waals surface area contributed by atoms with E-state index in [1.807, 2.05) is 24.0 Å². The van der Waals surface area contributed by atoms with Gasteiger partial charge in [0, 0.05) is 31.9 Å². The molecule has 0 saturated heterocycles. The molecule has 7 nitrogen and oxygen atoms in total. The number of aromatic amines is 1. The number of amides is 1. The van der Waals surface area contributed by atoms with Crippen LogP contribution in [0.2, 0.25) is 0 Å². The molecule has 8 heteroatoms. The van der Waals surface area contributed by atoms with Crippen molar-refractivity contribution in [3.63, 3.8) is 0 Å². The summed E-state index contributed by atoms with van der Waals surface area (Å²) in [5, 5.41) is 0.509. The molecule has 0 spiro atoms. The first-order valence-electron chi connectivity index (χ1n) is 10.1. The number of nitrogens with zero attached hydrogens (tertiary/aromatic N) is 2. The maximum atomic E-state index is 13.4. The first kappa shape index (κ1) is 20.6. The van der Waals surface area contributed by atoms with Crippen molar-refractivity contribution in [3.05, 3.63) is 63.0 Å². The fourth-order valence-corrected chi connectivity index (χ4v) is 4.07. The number of benzene rings is 1. The number of carbonyl (C=O) groups excluding carboxylic acids is 1. The van der Waals surface area contributed by atoms with Crippen LogP contribution in [0.1, 0.15) is 48.3 Å². The van der Waals surface area contributed by atoms with Crippen molar-refractivity contribution in [1.29, 1.82) is 0 Å². The summed E-state index contributed by atoms with van der Waals surface area (Å²) in [6, 6.07) is 8.90. The van der Waals surface area contributed by atoms with Crippen molar-refractivity contribution < 1.29 is 13.9 Å². The first-order valence-corrected chi connectivity index (χ1v) is 10.5. The lowest BCUT2D eigenvalue weighted by molar-refractivity contribution is 0.0653. The van der Waals surface area contributed by atoms with Crippen LogP contribution in [-0.4, -0.2) is 40.1 Å². The summed E-state index contributed by atoms with van der Waals surface area (Å²) in [6.07, 6.45) is 4.28. The Morgan fingerprint density at radius 2 is 2.20 bits per heavy atom. The number of rotatable bonds is 8. The fourth-order valence-electron chi connectivity index (χ4n) is 3.78. The van der Waals surface area contributed by atoms with Crippen molar-refractivity contribution in [2.45, 2.75) is 44.8 Å². The number of hydrogen-bond donors (Lipinski definition) is 1. The van der Waals surface area contributed by atoms with Gasteiger partial charge in [-0.1, -0.05) is 0 Å².